The summed E-state index contributed by atoms with van der Waals surface area (Å²) in [5, 5.41) is 0. The molecule has 78 valence electrons. The van der Waals surface area contributed by atoms with Crippen LogP contribution in [0.3, 0.4) is 0 Å². The molecule has 2 nitrogen and oxygen atoms in total. The molecular weight excluding hydrogens is 164 g/mol. The minimum atomic E-state index is -1.83. The fourth-order valence-corrected chi connectivity index (χ4v) is 0.886. The second-order valence-corrected chi connectivity index (χ2v) is 3.29. The Morgan fingerprint density at radius 3 is 2.85 bits per heavy atom. The van der Waals surface area contributed by atoms with E-state index in [4.69, 9.17) is 8.85 Å². The minimum absolute atomic E-state index is 0.0395. The Hall–Kier alpha value is -0.530. The van der Waals surface area contributed by atoms with E-state index in [1.807, 2.05) is 13.8 Å². The van der Waals surface area contributed by atoms with Gasteiger partial charge in [-0.15, -0.1) is 0 Å². The summed E-state index contributed by atoms with van der Waals surface area (Å²) in [7, 11) is 0. The first-order valence-electron chi connectivity index (χ1n) is 6.53. The number of hydrogen-bond donors (Lipinski definition) is 0. The Morgan fingerprint density at radius 2 is 2.23 bits per heavy atom. The maximum atomic E-state index is 11.3. The van der Waals surface area contributed by atoms with Crippen molar-refractivity contribution in [3.05, 3.63) is 0 Å². The molecule has 0 saturated heterocycles. The molecule has 0 aliphatic carbocycles. The Labute approximate surface area is 85.9 Å². The molecule has 0 rings (SSSR count). The first kappa shape index (κ1) is 7.84. The maximum absolute atomic E-state index is 11.3. The van der Waals surface area contributed by atoms with Gasteiger partial charge in [0.1, 0.15) is 0 Å². The normalized spacial score (nSPS) is 16.9. The molecule has 0 radical (unpaired) electrons. The van der Waals surface area contributed by atoms with E-state index in [0.717, 1.165) is 19.3 Å². The molecular formula is C11H22O2. The van der Waals surface area contributed by atoms with Crippen LogP contribution in [-0.4, -0.2) is 12.6 Å². The van der Waals surface area contributed by atoms with Gasteiger partial charge in [-0.3, -0.25) is 4.79 Å². The zero-order valence-electron chi connectivity index (χ0n) is 11.6. The van der Waals surface area contributed by atoms with Gasteiger partial charge in [0, 0.05) is 4.11 Å². The summed E-state index contributed by atoms with van der Waals surface area (Å²) in [6.45, 7) is 2.37. The van der Waals surface area contributed by atoms with Crippen LogP contribution in [0.5, 0.6) is 0 Å². The van der Waals surface area contributed by atoms with Gasteiger partial charge in [0.05, 0.1) is 12.5 Å². The molecule has 0 aliphatic heterocycles. The van der Waals surface area contributed by atoms with E-state index in [0.29, 0.717) is 13.0 Å². The average Bonchev–Trinajstić information content (AvgIpc) is 2.20. The lowest BCUT2D eigenvalue weighted by Gasteiger charge is -2.08. The average molecular weight is 189 g/mol. The monoisotopic (exact) mass is 189 g/mol. The first-order chi connectivity index (χ1) is 7.37. The standard InChI is InChI=1S/C11H22O2/c1-4-6-7-8-9-13-11(12)10(3)5-2/h10H,4-9H2,1-3H3/i1D3. The van der Waals surface area contributed by atoms with Crippen molar-refractivity contribution in [3.63, 3.8) is 0 Å². The van der Waals surface area contributed by atoms with Crippen LogP contribution in [0, 0.1) is 5.92 Å². The summed E-state index contributed by atoms with van der Waals surface area (Å²) in [4.78, 5) is 11.3. The Balaban J connectivity index is 3.37. The van der Waals surface area contributed by atoms with Crippen LogP contribution in [0.4, 0.5) is 0 Å². The largest absolute Gasteiger partial charge is 0.465 e. The number of carbonyl (C=O) groups is 1. The van der Waals surface area contributed by atoms with E-state index in [1.54, 1.807) is 0 Å². The van der Waals surface area contributed by atoms with Gasteiger partial charge in [-0.2, -0.15) is 0 Å². The predicted molar refractivity (Wildman–Crippen MR) is 54.6 cm³/mol. The zero-order chi connectivity index (χ0) is 12.6. The summed E-state index contributed by atoms with van der Waals surface area (Å²) in [5.74, 6) is -0.194. The molecule has 0 aliphatic rings. The van der Waals surface area contributed by atoms with E-state index >= 15 is 0 Å². The number of esters is 1. The van der Waals surface area contributed by atoms with Gasteiger partial charge in [0.15, 0.2) is 0 Å². The van der Waals surface area contributed by atoms with Crippen molar-refractivity contribution in [2.45, 2.75) is 52.8 Å². The molecule has 0 N–H and O–H groups in total. The molecule has 13 heavy (non-hydrogen) atoms. The maximum Gasteiger partial charge on any atom is 0.308 e. The molecule has 0 saturated carbocycles. The fraction of sp³-hybridized carbons (Fsp3) is 0.909. The van der Waals surface area contributed by atoms with Crippen LogP contribution in [0.1, 0.15) is 56.9 Å². The second-order valence-electron chi connectivity index (χ2n) is 3.29. The molecule has 0 bridgehead atoms. The number of unbranched alkanes of at least 4 members (excludes halogenated alkanes) is 2. The summed E-state index contributed by atoms with van der Waals surface area (Å²) in [6, 6.07) is 0. The number of carbonyl (C=O) groups excluding carboxylic acids is 1. The van der Waals surface area contributed by atoms with Gasteiger partial charge >= 0.3 is 5.97 Å². The van der Waals surface area contributed by atoms with Crippen LogP contribution < -0.4 is 0 Å². The summed E-state index contributed by atoms with van der Waals surface area (Å²) >= 11 is 0. The summed E-state index contributed by atoms with van der Waals surface area (Å²) < 4.78 is 26.1. The molecule has 0 aromatic heterocycles. The van der Waals surface area contributed by atoms with E-state index in [9.17, 15) is 4.79 Å². The predicted octanol–water partition coefficient (Wildman–Crippen LogP) is 3.16. The lowest BCUT2D eigenvalue weighted by atomic mass is 10.1. The van der Waals surface area contributed by atoms with Gasteiger partial charge in [-0.25, -0.2) is 0 Å². The van der Waals surface area contributed by atoms with Crippen LogP contribution in [-0.2, 0) is 9.53 Å². The number of ether oxygens (including phenoxy) is 1. The van der Waals surface area contributed by atoms with Crippen molar-refractivity contribution in [3.8, 4) is 0 Å². The van der Waals surface area contributed by atoms with Gasteiger partial charge in [0.25, 0.3) is 0 Å². The molecule has 0 heterocycles. The van der Waals surface area contributed by atoms with Crippen molar-refractivity contribution in [2.24, 2.45) is 5.92 Å². The van der Waals surface area contributed by atoms with Crippen LogP contribution in [0.15, 0.2) is 0 Å². The van der Waals surface area contributed by atoms with Crippen LogP contribution in [0.2, 0.25) is 0 Å². The quantitative estimate of drug-likeness (QED) is 0.454. The highest BCUT2D eigenvalue weighted by Crippen LogP contribution is 2.05. The smallest absolute Gasteiger partial charge is 0.308 e. The highest BCUT2D eigenvalue weighted by molar-refractivity contribution is 5.71. The molecule has 0 amide bonds. The number of hydrogen-bond acceptors (Lipinski definition) is 2. The molecule has 0 spiro atoms. The Morgan fingerprint density at radius 1 is 1.46 bits per heavy atom. The Bertz CT molecular complexity index is 202. The molecule has 2 heteroatoms. The van der Waals surface area contributed by atoms with E-state index in [1.165, 1.54) is 0 Å². The third-order valence-electron chi connectivity index (χ3n) is 2.08. The van der Waals surface area contributed by atoms with Gasteiger partial charge in [0.2, 0.25) is 0 Å². The summed E-state index contributed by atoms with van der Waals surface area (Å²) in [5.41, 5.74) is 0. The molecule has 0 aromatic carbocycles. The van der Waals surface area contributed by atoms with E-state index < -0.39 is 6.85 Å². The highest BCUT2D eigenvalue weighted by atomic mass is 16.5. The molecule has 0 aromatic rings. The molecule has 1 atom stereocenters. The topological polar surface area (TPSA) is 26.3 Å². The van der Waals surface area contributed by atoms with Crippen LogP contribution >= 0.6 is 0 Å². The second kappa shape index (κ2) is 8.09. The lowest BCUT2D eigenvalue weighted by molar-refractivity contribution is -0.148. The minimum Gasteiger partial charge on any atom is -0.465 e. The zero-order valence-corrected chi connectivity index (χ0v) is 8.64. The summed E-state index contributed by atoms with van der Waals surface area (Å²) in [6.07, 6.45) is 3.24. The number of rotatable bonds is 7. The van der Waals surface area contributed by atoms with Crippen molar-refractivity contribution < 1.29 is 13.6 Å². The van der Waals surface area contributed by atoms with Crippen molar-refractivity contribution in [2.75, 3.05) is 6.61 Å². The highest BCUT2D eigenvalue weighted by Gasteiger charge is 2.10. The molecule has 1 unspecified atom stereocenters. The fourth-order valence-electron chi connectivity index (χ4n) is 0.886. The lowest BCUT2D eigenvalue weighted by Crippen LogP contribution is -2.14. The Kier molecular flexibility index (Phi) is 4.87. The van der Waals surface area contributed by atoms with Gasteiger partial charge < -0.3 is 4.74 Å². The van der Waals surface area contributed by atoms with Crippen molar-refractivity contribution in [1.29, 1.82) is 0 Å². The van der Waals surface area contributed by atoms with Gasteiger partial charge in [-0.05, 0) is 12.8 Å². The van der Waals surface area contributed by atoms with E-state index in [2.05, 4.69) is 0 Å². The van der Waals surface area contributed by atoms with Gasteiger partial charge in [-0.1, -0.05) is 40.0 Å². The third kappa shape index (κ3) is 6.62. The van der Waals surface area contributed by atoms with Crippen molar-refractivity contribution in [1.82, 2.24) is 0 Å². The first-order valence-corrected chi connectivity index (χ1v) is 5.03. The van der Waals surface area contributed by atoms with Crippen molar-refractivity contribution >= 4 is 5.97 Å². The van der Waals surface area contributed by atoms with E-state index in [-0.39, 0.29) is 18.3 Å². The SMILES string of the molecule is [2H]C([2H])([2H])CCCCCOC(=O)C(C)CC. The van der Waals surface area contributed by atoms with Crippen LogP contribution in [0.25, 0.3) is 0 Å². The third-order valence-corrected chi connectivity index (χ3v) is 2.08. The molecule has 0 fully saturated rings.